The third kappa shape index (κ3) is 4.48. The van der Waals surface area contributed by atoms with E-state index in [4.69, 9.17) is 4.74 Å². The Morgan fingerprint density at radius 1 is 1.08 bits per heavy atom. The predicted molar refractivity (Wildman–Crippen MR) is 101 cm³/mol. The van der Waals surface area contributed by atoms with Crippen molar-refractivity contribution < 1.29 is 9.53 Å². The molecule has 2 aromatic carbocycles. The number of nitriles is 1. The van der Waals surface area contributed by atoms with E-state index in [1.807, 2.05) is 36.4 Å². The maximum atomic E-state index is 12.7. The minimum Gasteiger partial charge on any atom is -0.379 e. The molecule has 1 amide bonds. The zero-order valence-corrected chi connectivity index (χ0v) is 14.8. The van der Waals surface area contributed by atoms with Crippen LogP contribution in [0.4, 0.5) is 0 Å². The van der Waals surface area contributed by atoms with Crippen molar-refractivity contribution in [2.45, 2.75) is 6.42 Å². The summed E-state index contributed by atoms with van der Waals surface area (Å²) in [7, 11) is 0. The first-order valence-electron chi connectivity index (χ1n) is 8.96. The maximum absolute atomic E-state index is 12.7. The summed E-state index contributed by atoms with van der Waals surface area (Å²) in [4.78, 5) is 15.0. The van der Waals surface area contributed by atoms with Gasteiger partial charge in [-0.2, -0.15) is 5.26 Å². The van der Waals surface area contributed by atoms with Crippen molar-refractivity contribution in [3.05, 3.63) is 59.7 Å². The fourth-order valence-corrected chi connectivity index (χ4v) is 3.16. The van der Waals surface area contributed by atoms with Crippen molar-refractivity contribution in [2.75, 3.05) is 39.4 Å². The summed E-state index contributed by atoms with van der Waals surface area (Å²) in [5.41, 5.74) is 2.74. The van der Waals surface area contributed by atoms with Crippen molar-refractivity contribution in [3.63, 3.8) is 0 Å². The molecule has 5 heteroatoms. The van der Waals surface area contributed by atoms with E-state index < -0.39 is 0 Å². The van der Waals surface area contributed by atoms with Gasteiger partial charge in [0.25, 0.3) is 5.91 Å². The highest BCUT2D eigenvalue weighted by Gasteiger charge is 2.15. The molecule has 0 saturated carbocycles. The van der Waals surface area contributed by atoms with Crippen LogP contribution < -0.4 is 5.32 Å². The highest BCUT2D eigenvalue weighted by Crippen LogP contribution is 2.26. The molecule has 1 heterocycles. The SMILES string of the molecule is N#Cc1ccccc1-c1ccccc1C(=O)NCCCN1CCOCC1. The quantitative estimate of drug-likeness (QED) is 0.815. The van der Waals surface area contributed by atoms with E-state index >= 15 is 0 Å². The third-order valence-corrected chi connectivity index (χ3v) is 4.55. The van der Waals surface area contributed by atoms with Gasteiger partial charge in [0.2, 0.25) is 0 Å². The Balaban J connectivity index is 1.64. The number of carbonyl (C=O) groups is 1. The number of nitrogens with zero attached hydrogens (tertiary/aromatic N) is 2. The van der Waals surface area contributed by atoms with Gasteiger partial charge in [0.1, 0.15) is 0 Å². The number of ether oxygens (including phenoxy) is 1. The molecule has 1 aliphatic heterocycles. The lowest BCUT2D eigenvalue weighted by Crippen LogP contribution is -2.38. The lowest BCUT2D eigenvalue weighted by atomic mass is 9.95. The Morgan fingerprint density at radius 2 is 1.77 bits per heavy atom. The van der Waals surface area contributed by atoms with Crippen LogP contribution in [0.1, 0.15) is 22.3 Å². The van der Waals surface area contributed by atoms with Crippen molar-refractivity contribution in [2.24, 2.45) is 0 Å². The number of morpholine rings is 1. The largest absolute Gasteiger partial charge is 0.379 e. The highest BCUT2D eigenvalue weighted by molar-refractivity contribution is 6.01. The molecule has 0 aromatic heterocycles. The van der Waals surface area contributed by atoms with Gasteiger partial charge >= 0.3 is 0 Å². The summed E-state index contributed by atoms with van der Waals surface area (Å²) in [6.07, 6.45) is 0.905. The number of hydrogen-bond acceptors (Lipinski definition) is 4. The number of benzene rings is 2. The molecule has 1 N–H and O–H groups in total. The summed E-state index contributed by atoms with van der Waals surface area (Å²) in [6.45, 7) is 5.09. The van der Waals surface area contributed by atoms with E-state index in [0.29, 0.717) is 17.7 Å². The number of hydrogen-bond donors (Lipinski definition) is 1. The average molecular weight is 349 g/mol. The summed E-state index contributed by atoms with van der Waals surface area (Å²) in [5.74, 6) is -0.102. The number of amides is 1. The minimum absolute atomic E-state index is 0.102. The second kappa shape index (κ2) is 9.14. The molecule has 0 unspecified atom stereocenters. The Kier molecular flexibility index (Phi) is 6.37. The first kappa shape index (κ1) is 18.1. The topological polar surface area (TPSA) is 65.4 Å². The van der Waals surface area contributed by atoms with E-state index in [-0.39, 0.29) is 5.91 Å². The summed E-state index contributed by atoms with van der Waals surface area (Å²) < 4.78 is 5.34. The number of nitrogens with one attached hydrogen (secondary N) is 1. The fourth-order valence-electron chi connectivity index (χ4n) is 3.16. The van der Waals surface area contributed by atoms with Gasteiger partial charge in [0, 0.05) is 30.8 Å². The zero-order valence-electron chi connectivity index (χ0n) is 14.8. The van der Waals surface area contributed by atoms with Crippen LogP contribution in [0, 0.1) is 11.3 Å². The molecule has 0 radical (unpaired) electrons. The van der Waals surface area contributed by atoms with Crippen molar-refractivity contribution in [1.82, 2.24) is 10.2 Å². The maximum Gasteiger partial charge on any atom is 0.251 e. The van der Waals surface area contributed by atoms with Crippen LogP contribution in [-0.2, 0) is 4.74 Å². The molecular weight excluding hydrogens is 326 g/mol. The van der Waals surface area contributed by atoms with E-state index in [9.17, 15) is 10.1 Å². The van der Waals surface area contributed by atoms with Gasteiger partial charge < -0.3 is 10.1 Å². The Bertz CT molecular complexity index is 792. The molecule has 3 rings (SSSR count). The molecule has 134 valence electrons. The summed E-state index contributed by atoms with van der Waals surface area (Å²) >= 11 is 0. The van der Waals surface area contributed by atoms with Gasteiger partial charge in [-0.15, -0.1) is 0 Å². The van der Waals surface area contributed by atoms with Crippen molar-refractivity contribution in [1.29, 1.82) is 5.26 Å². The van der Waals surface area contributed by atoms with Gasteiger partial charge in [-0.1, -0.05) is 36.4 Å². The van der Waals surface area contributed by atoms with Crippen LogP contribution >= 0.6 is 0 Å². The molecule has 26 heavy (non-hydrogen) atoms. The van der Waals surface area contributed by atoms with Crippen LogP contribution in [0.15, 0.2) is 48.5 Å². The molecule has 1 saturated heterocycles. The second-order valence-electron chi connectivity index (χ2n) is 6.27. The van der Waals surface area contributed by atoms with Crippen molar-refractivity contribution in [3.8, 4) is 17.2 Å². The Morgan fingerprint density at radius 3 is 2.54 bits per heavy atom. The predicted octanol–water partition coefficient (Wildman–Crippen LogP) is 2.68. The number of rotatable bonds is 6. The van der Waals surface area contributed by atoms with Gasteiger partial charge in [0.05, 0.1) is 24.8 Å². The van der Waals surface area contributed by atoms with E-state index in [1.54, 1.807) is 12.1 Å². The number of carbonyl (C=O) groups excluding carboxylic acids is 1. The average Bonchev–Trinajstić information content (AvgIpc) is 2.72. The Labute approximate surface area is 154 Å². The Hall–Kier alpha value is -2.68. The third-order valence-electron chi connectivity index (χ3n) is 4.55. The molecular formula is C21H23N3O2. The van der Waals surface area contributed by atoms with Gasteiger partial charge in [-0.3, -0.25) is 9.69 Å². The normalized spacial score (nSPS) is 14.6. The summed E-state index contributed by atoms with van der Waals surface area (Å²) in [6, 6.07) is 17.0. The molecule has 1 fully saturated rings. The lowest BCUT2D eigenvalue weighted by Gasteiger charge is -2.26. The fraction of sp³-hybridized carbons (Fsp3) is 0.333. The van der Waals surface area contributed by atoms with Crippen LogP contribution in [0.5, 0.6) is 0 Å². The molecule has 0 atom stereocenters. The monoisotopic (exact) mass is 349 g/mol. The van der Waals surface area contributed by atoms with E-state index in [1.165, 1.54) is 0 Å². The molecule has 0 aliphatic carbocycles. The smallest absolute Gasteiger partial charge is 0.251 e. The minimum atomic E-state index is -0.102. The standard InChI is InChI=1S/C21H23N3O2/c22-16-17-6-1-2-7-18(17)19-8-3-4-9-20(19)21(25)23-10-5-11-24-12-14-26-15-13-24/h1-4,6-9H,5,10-15H2,(H,23,25). The van der Waals surface area contributed by atoms with Crippen LogP contribution in [0.2, 0.25) is 0 Å². The lowest BCUT2D eigenvalue weighted by molar-refractivity contribution is 0.0374. The van der Waals surface area contributed by atoms with Crippen LogP contribution in [-0.4, -0.2) is 50.2 Å². The van der Waals surface area contributed by atoms with Crippen LogP contribution in [0.25, 0.3) is 11.1 Å². The highest BCUT2D eigenvalue weighted by atomic mass is 16.5. The molecule has 2 aromatic rings. The van der Waals surface area contributed by atoms with Crippen molar-refractivity contribution >= 4 is 5.91 Å². The molecule has 0 bridgehead atoms. The molecule has 1 aliphatic rings. The van der Waals surface area contributed by atoms with Gasteiger partial charge in [-0.25, -0.2) is 0 Å². The first-order chi connectivity index (χ1) is 12.8. The first-order valence-corrected chi connectivity index (χ1v) is 8.96. The second-order valence-corrected chi connectivity index (χ2v) is 6.27. The van der Waals surface area contributed by atoms with E-state index in [0.717, 1.165) is 50.4 Å². The van der Waals surface area contributed by atoms with Crippen LogP contribution in [0.3, 0.4) is 0 Å². The van der Waals surface area contributed by atoms with Gasteiger partial charge in [0.15, 0.2) is 0 Å². The molecule has 0 spiro atoms. The summed E-state index contributed by atoms with van der Waals surface area (Å²) in [5, 5.41) is 12.3. The zero-order chi connectivity index (χ0) is 18.2. The van der Waals surface area contributed by atoms with Gasteiger partial charge in [-0.05, 0) is 30.7 Å². The molecule has 5 nitrogen and oxygen atoms in total. The van der Waals surface area contributed by atoms with E-state index in [2.05, 4.69) is 16.3 Å².